The van der Waals surface area contributed by atoms with E-state index in [0.717, 1.165) is 0 Å². The Morgan fingerprint density at radius 3 is 2.56 bits per heavy atom. The van der Waals surface area contributed by atoms with E-state index in [1.165, 1.54) is 6.20 Å². The number of benzene rings is 1. The van der Waals surface area contributed by atoms with Crippen molar-refractivity contribution >= 4 is 11.6 Å². The highest BCUT2D eigenvalue weighted by Crippen LogP contribution is 2.23. The van der Waals surface area contributed by atoms with Crippen LogP contribution in [0.4, 0.5) is 5.82 Å². The van der Waals surface area contributed by atoms with Crippen molar-refractivity contribution < 1.29 is 9.90 Å². The van der Waals surface area contributed by atoms with E-state index in [-0.39, 0.29) is 11.4 Å². The van der Waals surface area contributed by atoms with Gasteiger partial charge in [-0.25, -0.2) is 4.98 Å². The van der Waals surface area contributed by atoms with Gasteiger partial charge in [0.25, 0.3) is 0 Å². The summed E-state index contributed by atoms with van der Waals surface area (Å²) in [6, 6.07) is 10.5. The van der Waals surface area contributed by atoms with Gasteiger partial charge in [0.1, 0.15) is 11.9 Å². The molecule has 1 aromatic heterocycles. The molecule has 0 radical (unpaired) electrons. The Morgan fingerprint density at radius 1 is 1.28 bits per heavy atom. The van der Waals surface area contributed by atoms with Crippen molar-refractivity contribution in [2.45, 2.75) is 13.0 Å². The number of carbonyl (C=O) groups excluding carboxylic acids is 1. The molecule has 92 valence electrons. The van der Waals surface area contributed by atoms with Crippen LogP contribution in [0.2, 0.25) is 0 Å². The number of nitrogens with two attached hydrogens (primary N) is 1. The van der Waals surface area contributed by atoms with Crippen LogP contribution in [0.3, 0.4) is 0 Å². The fraction of sp³-hybridized carbons (Fsp3) is 0.143. The Morgan fingerprint density at radius 2 is 1.94 bits per heavy atom. The first kappa shape index (κ1) is 12.3. The predicted molar refractivity (Wildman–Crippen MR) is 69.1 cm³/mol. The number of aliphatic hydroxyl groups excluding tert-OH is 1. The number of nitrogens with zero attached hydrogens (tertiary/aromatic N) is 1. The number of pyridine rings is 1. The molecule has 2 aromatic rings. The summed E-state index contributed by atoms with van der Waals surface area (Å²) in [7, 11) is 0. The molecule has 3 N–H and O–H groups in total. The highest BCUT2D eigenvalue weighted by atomic mass is 16.3. The molecule has 2 rings (SSSR count). The molecule has 1 aromatic carbocycles. The quantitative estimate of drug-likeness (QED) is 0.806. The van der Waals surface area contributed by atoms with Crippen LogP contribution >= 0.6 is 0 Å². The molecule has 1 heterocycles. The number of carbonyl (C=O) groups is 1. The maximum atomic E-state index is 12.2. The summed E-state index contributed by atoms with van der Waals surface area (Å²) in [5.41, 5.74) is 7.24. The van der Waals surface area contributed by atoms with Crippen molar-refractivity contribution in [1.82, 2.24) is 4.98 Å². The summed E-state index contributed by atoms with van der Waals surface area (Å²) in [5, 5.41) is 10.1. The minimum Gasteiger partial charge on any atom is -0.383 e. The van der Waals surface area contributed by atoms with E-state index < -0.39 is 11.9 Å². The van der Waals surface area contributed by atoms with Gasteiger partial charge >= 0.3 is 0 Å². The van der Waals surface area contributed by atoms with E-state index in [1.54, 1.807) is 37.3 Å². The number of Topliss-reactive ketones (excluding diaryl/α,β-unsaturated/α-hetero) is 1. The number of aryl methyl sites for hydroxylation is 1. The molecule has 0 fully saturated rings. The predicted octanol–water partition coefficient (Wildman–Crippen LogP) is 1.89. The number of anilines is 1. The lowest BCUT2D eigenvalue weighted by Crippen LogP contribution is -2.16. The average molecular weight is 242 g/mol. The molecule has 0 aliphatic rings. The molecule has 1 atom stereocenters. The van der Waals surface area contributed by atoms with Crippen LogP contribution in [0.1, 0.15) is 27.6 Å². The molecule has 0 bridgehead atoms. The standard InChI is InChI=1S/C14H14N2O2/c1-9-7-8-16-14(15)11(9)13(18)12(17)10-5-3-2-4-6-10/h2-8,12,17H,1H3,(H2,15,16). The smallest absolute Gasteiger partial charge is 0.199 e. The Kier molecular flexibility index (Phi) is 3.39. The van der Waals surface area contributed by atoms with Gasteiger partial charge < -0.3 is 10.8 Å². The third-order valence-corrected chi connectivity index (χ3v) is 2.80. The zero-order chi connectivity index (χ0) is 13.1. The van der Waals surface area contributed by atoms with E-state index in [9.17, 15) is 9.90 Å². The van der Waals surface area contributed by atoms with Gasteiger partial charge in [0.2, 0.25) is 0 Å². The van der Waals surface area contributed by atoms with E-state index in [1.807, 2.05) is 6.07 Å². The topological polar surface area (TPSA) is 76.2 Å². The summed E-state index contributed by atoms with van der Waals surface area (Å²) in [5.74, 6) is -0.278. The lowest BCUT2D eigenvalue weighted by molar-refractivity contribution is 0.0747. The molecule has 0 spiro atoms. The van der Waals surface area contributed by atoms with Crippen molar-refractivity contribution in [1.29, 1.82) is 0 Å². The van der Waals surface area contributed by atoms with Gasteiger partial charge in [0.05, 0.1) is 5.56 Å². The Hall–Kier alpha value is -2.20. The van der Waals surface area contributed by atoms with Crippen molar-refractivity contribution in [3.63, 3.8) is 0 Å². The molecular weight excluding hydrogens is 228 g/mol. The van der Waals surface area contributed by atoms with Crippen molar-refractivity contribution in [3.05, 3.63) is 59.3 Å². The summed E-state index contributed by atoms with van der Waals surface area (Å²) in [6.07, 6.45) is 0.326. The lowest BCUT2D eigenvalue weighted by Gasteiger charge is -2.12. The summed E-state index contributed by atoms with van der Waals surface area (Å²) >= 11 is 0. The molecule has 4 nitrogen and oxygen atoms in total. The van der Waals surface area contributed by atoms with Gasteiger partial charge in [-0.2, -0.15) is 0 Å². The van der Waals surface area contributed by atoms with Gasteiger partial charge in [0, 0.05) is 6.20 Å². The van der Waals surface area contributed by atoms with E-state index in [0.29, 0.717) is 11.1 Å². The number of aromatic nitrogens is 1. The Balaban J connectivity index is 2.38. The molecule has 0 aliphatic carbocycles. The first-order valence-electron chi connectivity index (χ1n) is 5.59. The second-order valence-corrected chi connectivity index (χ2v) is 4.07. The number of ketones is 1. The molecule has 0 saturated heterocycles. The first-order valence-corrected chi connectivity index (χ1v) is 5.59. The summed E-state index contributed by atoms with van der Waals surface area (Å²) < 4.78 is 0. The van der Waals surface area contributed by atoms with Crippen LogP contribution in [0, 0.1) is 6.92 Å². The average Bonchev–Trinajstić information content (AvgIpc) is 2.38. The SMILES string of the molecule is Cc1ccnc(N)c1C(=O)C(O)c1ccccc1. The number of hydrogen-bond acceptors (Lipinski definition) is 4. The van der Waals surface area contributed by atoms with Crippen molar-refractivity contribution in [2.75, 3.05) is 5.73 Å². The monoisotopic (exact) mass is 242 g/mol. The zero-order valence-corrected chi connectivity index (χ0v) is 10.00. The lowest BCUT2D eigenvalue weighted by atomic mass is 9.97. The maximum Gasteiger partial charge on any atom is 0.199 e. The van der Waals surface area contributed by atoms with Crippen molar-refractivity contribution in [2.24, 2.45) is 0 Å². The second-order valence-electron chi connectivity index (χ2n) is 4.07. The number of nitrogen functional groups attached to an aromatic ring is 1. The highest BCUT2D eigenvalue weighted by Gasteiger charge is 2.23. The third-order valence-electron chi connectivity index (χ3n) is 2.80. The Bertz CT molecular complexity index is 547. The molecule has 4 heteroatoms. The van der Waals surface area contributed by atoms with Gasteiger partial charge in [-0.15, -0.1) is 0 Å². The van der Waals surface area contributed by atoms with E-state index in [2.05, 4.69) is 4.98 Å². The van der Waals surface area contributed by atoms with Gasteiger partial charge in [-0.3, -0.25) is 4.79 Å². The van der Waals surface area contributed by atoms with Gasteiger partial charge in [0.15, 0.2) is 5.78 Å². The Labute approximate surface area is 105 Å². The molecule has 0 amide bonds. The van der Waals surface area contributed by atoms with Gasteiger partial charge in [-0.1, -0.05) is 30.3 Å². The fourth-order valence-corrected chi connectivity index (χ4v) is 1.82. The van der Waals surface area contributed by atoms with Crippen LogP contribution in [-0.4, -0.2) is 15.9 Å². The van der Waals surface area contributed by atoms with Crippen molar-refractivity contribution in [3.8, 4) is 0 Å². The van der Waals surface area contributed by atoms with Crippen LogP contribution in [0.25, 0.3) is 0 Å². The first-order chi connectivity index (χ1) is 8.61. The zero-order valence-electron chi connectivity index (χ0n) is 10.00. The summed E-state index contributed by atoms with van der Waals surface area (Å²) in [6.45, 7) is 1.77. The minimum absolute atomic E-state index is 0.148. The number of hydrogen-bond donors (Lipinski definition) is 2. The molecule has 18 heavy (non-hydrogen) atoms. The third kappa shape index (κ3) is 2.24. The molecular formula is C14H14N2O2. The number of aliphatic hydroxyl groups is 1. The summed E-state index contributed by atoms with van der Waals surface area (Å²) in [4.78, 5) is 16.1. The number of rotatable bonds is 3. The van der Waals surface area contributed by atoms with E-state index in [4.69, 9.17) is 5.73 Å². The largest absolute Gasteiger partial charge is 0.383 e. The van der Waals surface area contributed by atoms with Crippen LogP contribution in [0.15, 0.2) is 42.6 Å². The van der Waals surface area contributed by atoms with E-state index >= 15 is 0 Å². The second kappa shape index (κ2) is 4.98. The van der Waals surface area contributed by atoms with Crippen LogP contribution < -0.4 is 5.73 Å². The fourth-order valence-electron chi connectivity index (χ4n) is 1.82. The minimum atomic E-state index is -1.21. The highest BCUT2D eigenvalue weighted by molar-refractivity contribution is 6.04. The molecule has 1 unspecified atom stereocenters. The van der Waals surface area contributed by atoms with Crippen LogP contribution in [0.5, 0.6) is 0 Å². The molecule has 0 saturated carbocycles. The normalized spacial score (nSPS) is 12.1. The maximum absolute atomic E-state index is 12.2. The van der Waals surface area contributed by atoms with Gasteiger partial charge in [-0.05, 0) is 24.1 Å². The molecule has 0 aliphatic heterocycles. The van der Waals surface area contributed by atoms with Crippen LogP contribution in [-0.2, 0) is 0 Å².